The molecule has 5 heteroatoms. The quantitative estimate of drug-likeness (QED) is 0.830. The fourth-order valence-corrected chi connectivity index (χ4v) is 1.36. The number of likely N-dealkylation sites (N-methyl/N-ethyl adjacent to an activating group) is 1. The topological polar surface area (TPSA) is 50.2 Å². The molecular formula is C11H20N4O. The third kappa shape index (κ3) is 2.98. The molecule has 90 valence electrons. The van der Waals surface area contributed by atoms with Crippen LogP contribution < -0.4 is 5.32 Å². The van der Waals surface area contributed by atoms with Gasteiger partial charge in [0.1, 0.15) is 0 Å². The molecule has 0 unspecified atom stereocenters. The van der Waals surface area contributed by atoms with Gasteiger partial charge in [0.2, 0.25) is 5.91 Å². The zero-order valence-corrected chi connectivity index (χ0v) is 10.6. The molecule has 1 heterocycles. The van der Waals surface area contributed by atoms with Gasteiger partial charge in [0.05, 0.1) is 17.9 Å². The van der Waals surface area contributed by atoms with Gasteiger partial charge in [-0.1, -0.05) is 0 Å². The maximum Gasteiger partial charge on any atom is 0.241 e. The number of carbonyl (C=O) groups is 1. The molecule has 0 aliphatic rings. The third-order valence-electron chi connectivity index (χ3n) is 2.61. The number of hydrogen-bond donors (Lipinski definition) is 1. The van der Waals surface area contributed by atoms with Crippen molar-refractivity contribution in [2.75, 3.05) is 18.9 Å². The SMILES string of the molecule is Cc1nn(C)cc1NCC(=O)N(C)C(C)C. The van der Waals surface area contributed by atoms with Crippen molar-refractivity contribution < 1.29 is 4.79 Å². The molecular weight excluding hydrogens is 204 g/mol. The van der Waals surface area contributed by atoms with E-state index in [4.69, 9.17) is 0 Å². The highest BCUT2D eigenvalue weighted by Gasteiger charge is 2.12. The third-order valence-corrected chi connectivity index (χ3v) is 2.61. The van der Waals surface area contributed by atoms with Crippen LogP contribution in [0, 0.1) is 6.92 Å². The number of hydrogen-bond acceptors (Lipinski definition) is 3. The molecule has 0 aliphatic carbocycles. The Labute approximate surface area is 96.4 Å². The molecule has 0 spiro atoms. The van der Waals surface area contributed by atoms with Gasteiger partial charge in [-0.25, -0.2) is 0 Å². The van der Waals surface area contributed by atoms with Crippen molar-refractivity contribution in [1.82, 2.24) is 14.7 Å². The van der Waals surface area contributed by atoms with Gasteiger partial charge in [-0.2, -0.15) is 5.10 Å². The van der Waals surface area contributed by atoms with E-state index in [-0.39, 0.29) is 11.9 Å². The van der Waals surface area contributed by atoms with Crippen LogP contribution in [0.2, 0.25) is 0 Å². The van der Waals surface area contributed by atoms with Crippen LogP contribution in [-0.4, -0.2) is 40.2 Å². The Morgan fingerprint density at radius 1 is 1.62 bits per heavy atom. The molecule has 0 saturated carbocycles. The minimum atomic E-state index is 0.0817. The first-order chi connectivity index (χ1) is 7.41. The van der Waals surface area contributed by atoms with Gasteiger partial charge in [0, 0.05) is 26.3 Å². The van der Waals surface area contributed by atoms with Crippen LogP contribution in [0.1, 0.15) is 19.5 Å². The van der Waals surface area contributed by atoms with E-state index in [1.165, 1.54) is 0 Å². The summed E-state index contributed by atoms with van der Waals surface area (Å²) in [5, 5.41) is 7.29. The van der Waals surface area contributed by atoms with Crippen molar-refractivity contribution in [3.05, 3.63) is 11.9 Å². The summed E-state index contributed by atoms with van der Waals surface area (Å²) in [7, 11) is 3.67. The summed E-state index contributed by atoms with van der Waals surface area (Å²) in [6, 6.07) is 0.226. The predicted molar refractivity (Wildman–Crippen MR) is 64.3 cm³/mol. The lowest BCUT2D eigenvalue weighted by atomic mass is 10.3. The second-order valence-electron chi connectivity index (χ2n) is 4.25. The summed E-state index contributed by atoms with van der Waals surface area (Å²) in [5.41, 5.74) is 1.82. The molecule has 16 heavy (non-hydrogen) atoms. The van der Waals surface area contributed by atoms with E-state index in [1.807, 2.05) is 41.1 Å². The maximum absolute atomic E-state index is 11.7. The summed E-state index contributed by atoms with van der Waals surface area (Å²) in [6.45, 7) is 6.21. The van der Waals surface area contributed by atoms with E-state index in [0.717, 1.165) is 11.4 Å². The molecule has 1 N–H and O–H groups in total. The number of carbonyl (C=O) groups excluding carboxylic acids is 1. The van der Waals surface area contributed by atoms with E-state index < -0.39 is 0 Å². The number of nitrogens with zero attached hydrogens (tertiary/aromatic N) is 3. The zero-order chi connectivity index (χ0) is 12.3. The lowest BCUT2D eigenvalue weighted by molar-refractivity contribution is -0.129. The average Bonchev–Trinajstić information content (AvgIpc) is 2.52. The van der Waals surface area contributed by atoms with Gasteiger partial charge in [0.25, 0.3) is 0 Å². The number of rotatable bonds is 4. The molecule has 0 radical (unpaired) electrons. The molecule has 1 amide bonds. The Morgan fingerprint density at radius 3 is 2.69 bits per heavy atom. The standard InChI is InChI=1S/C11H20N4O/c1-8(2)15(5)11(16)6-12-10-7-14(4)13-9(10)3/h7-8,12H,6H2,1-5H3. The summed E-state index contributed by atoms with van der Waals surface area (Å²) in [6.07, 6.45) is 1.87. The van der Waals surface area contributed by atoms with Crippen molar-refractivity contribution in [1.29, 1.82) is 0 Å². The zero-order valence-electron chi connectivity index (χ0n) is 10.6. The largest absolute Gasteiger partial charge is 0.373 e. The highest BCUT2D eigenvalue weighted by molar-refractivity contribution is 5.80. The molecule has 5 nitrogen and oxygen atoms in total. The Balaban J connectivity index is 2.52. The van der Waals surface area contributed by atoms with Gasteiger partial charge < -0.3 is 10.2 Å². The van der Waals surface area contributed by atoms with Crippen LogP contribution in [0.3, 0.4) is 0 Å². The fraction of sp³-hybridized carbons (Fsp3) is 0.636. The van der Waals surface area contributed by atoms with Gasteiger partial charge in [-0.05, 0) is 20.8 Å². The monoisotopic (exact) mass is 224 g/mol. The second kappa shape index (κ2) is 5.01. The number of anilines is 1. The van der Waals surface area contributed by atoms with Gasteiger partial charge >= 0.3 is 0 Å². The number of nitrogens with one attached hydrogen (secondary N) is 1. The van der Waals surface area contributed by atoms with Crippen molar-refractivity contribution in [3.63, 3.8) is 0 Å². The lowest BCUT2D eigenvalue weighted by Gasteiger charge is -2.21. The summed E-state index contributed by atoms with van der Waals surface area (Å²) >= 11 is 0. The minimum Gasteiger partial charge on any atom is -0.373 e. The molecule has 0 saturated heterocycles. The summed E-state index contributed by atoms with van der Waals surface area (Å²) in [4.78, 5) is 13.4. The lowest BCUT2D eigenvalue weighted by Crippen LogP contribution is -2.37. The van der Waals surface area contributed by atoms with Gasteiger partial charge in [-0.15, -0.1) is 0 Å². The number of aryl methyl sites for hydroxylation is 2. The summed E-state index contributed by atoms with van der Waals surface area (Å²) in [5.74, 6) is 0.0817. The van der Waals surface area contributed by atoms with E-state index in [1.54, 1.807) is 9.58 Å². The highest BCUT2D eigenvalue weighted by Crippen LogP contribution is 2.10. The first kappa shape index (κ1) is 12.5. The van der Waals surface area contributed by atoms with Crippen LogP contribution in [0.25, 0.3) is 0 Å². The van der Waals surface area contributed by atoms with E-state index in [0.29, 0.717) is 6.54 Å². The van der Waals surface area contributed by atoms with Crippen LogP contribution in [0.15, 0.2) is 6.20 Å². The normalized spacial score (nSPS) is 10.6. The van der Waals surface area contributed by atoms with E-state index >= 15 is 0 Å². The van der Waals surface area contributed by atoms with Gasteiger partial charge in [0.15, 0.2) is 0 Å². The molecule has 0 fully saturated rings. The molecule has 0 aromatic carbocycles. The van der Waals surface area contributed by atoms with Crippen LogP contribution in [0.4, 0.5) is 5.69 Å². The van der Waals surface area contributed by atoms with E-state index in [9.17, 15) is 4.79 Å². The smallest absolute Gasteiger partial charge is 0.241 e. The molecule has 0 atom stereocenters. The maximum atomic E-state index is 11.7. The van der Waals surface area contributed by atoms with Gasteiger partial charge in [-0.3, -0.25) is 9.48 Å². The molecule has 0 aliphatic heterocycles. The van der Waals surface area contributed by atoms with Crippen LogP contribution in [0.5, 0.6) is 0 Å². The fourth-order valence-electron chi connectivity index (χ4n) is 1.36. The Hall–Kier alpha value is -1.52. The first-order valence-corrected chi connectivity index (χ1v) is 5.41. The first-order valence-electron chi connectivity index (χ1n) is 5.41. The Kier molecular flexibility index (Phi) is 3.93. The van der Waals surface area contributed by atoms with Crippen molar-refractivity contribution >= 4 is 11.6 Å². The minimum absolute atomic E-state index is 0.0817. The highest BCUT2D eigenvalue weighted by atomic mass is 16.2. The Bertz CT molecular complexity index is 370. The van der Waals surface area contributed by atoms with Crippen LogP contribution >= 0.6 is 0 Å². The number of aromatic nitrogens is 2. The summed E-state index contributed by atoms with van der Waals surface area (Å²) < 4.78 is 1.73. The average molecular weight is 224 g/mol. The predicted octanol–water partition coefficient (Wildman–Crippen LogP) is 1.01. The molecule has 1 rings (SSSR count). The van der Waals surface area contributed by atoms with Crippen molar-refractivity contribution in [2.24, 2.45) is 7.05 Å². The van der Waals surface area contributed by atoms with E-state index in [2.05, 4.69) is 10.4 Å². The molecule has 1 aromatic rings. The molecule has 0 bridgehead atoms. The van der Waals surface area contributed by atoms with Crippen molar-refractivity contribution in [2.45, 2.75) is 26.8 Å². The Morgan fingerprint density at radius 2 is 2.25 bits per heavy atom. The van der Waals surface area contributed by atoms with Crippen LogP contribution in [-0.2, 0) is 11.8 Å². The second-order valence-corrected chi connectivity index (χ2v) is 4.25. The number of amides is 1. The molecule has 1 aromatic heterocycles. The van der Waals surface area contributed by atoms with Crippen molar-refractivity contribution in [3.8, 4) is 0 Å².